The summed E-state index contributed by atoms with van der Waals surface area (Å²) < 4.78 is 1.87. The van der Waals surface area contributed by atoms with Crippen molar-refractivity contribution in [3.05, 3.63) is 41.9 Å². The standard InChI is InChI=1S/C18H27N7.HI/c1-19-18(21-10-14-5-7-20-17(9-14)23(2)3)25-8-6-15(13-25)16-11-22-24(4)12-16;/h5,7,9,11-12,15H,6,8,10,13H2,1-4H3,(H,19,21);1H. The van der Waals surface area contributed by atoms with Gasteiger partial charge in [0, 0.05) is 66.1 Å². The maximum absolute atomic E-state index is 4.46. The van der Waals surface area contributed by atoms with E-state index in [0.717, 1.165) is 37.8 Å². The zero-order chi connectivity index (χ0) is 17.8. The molecule has 3 rings (SSSR count). The van der Waals surface area contributed by atoms with Gasteiger partial charge in [-0.15, -0.1) is 24.0 Å². The highest BCUT2D eigenvalue weighted by Gasteiger charge is 2.26. The molecule has 2 aromatic rings. The van der Waals surface area contributed by atoms with E-state index in [2.05, 4.69) is 37.6 Å². The maximum Gasteiger partial charge on any atom is 0.193 e. The van der Waals surface area contributed by atoms with E-state index >= 15 is 0 Å². The van der Waals surface area contributed by atoms with Gasteiger partial charge in [-0.05, 0) is 29.7 Å². The molecule has 1 saturated heterocycles. The lowest BCUT2D eigenvalue weighted by Gasteiger charge is -2.22. The van der Waals surface area contributed by atoms with Gasteiger partial charge >= 0.3 is 0 Å². The van der Waals surface area contributed by atoms with Crippen molar-refractivity contribution in [1.29, 1.82) is 0 Å². The zero-order valence-electron chi connectivity index (χ0n) is 15.9. The van der Waals surface area contributed by atoms with Gasteiger partial charge in [0.05, 0.1) is 6.20 Å². The van der Waals surface area contributed by atoms with Crippen LogP contribution in [0.5, 0.6) is 0 Å². The van der Waals surface area contributed by atoms with Crippen molar-refractivity contribution in [2.45, 2.75) is 18.9 Å². The predicted octanol–water partition coefficient (Wildman–Crippen LogP) is 2.06. The van der Waals surface area contributed by atoms with Crippen LogP contribution in [0, 0.1) is 0 Å². The van der Waals surface area contributed by atoms with E-state index < -0.39 is 0 Å². The Bertz CT molecular complexity index is 741. The Hall–Kier alpha value is -1.84. The van der Waals surface area contributed by atoms with Crippen LogP contribution in [0.15, 0.2) is 35.7 Å². The van der Waals surface area contributed by atoms with Gasteiger partial charge in [0.25, 0.3) is 0 Å². The fourth-order valence-corrected chi connectivity index (χ4v) is 3.20. The van der Waals surface area contributed by atoms with Gasteiger partial charge in [-0.25, -0.2) is 4.98 Å². The highest BCUT2D eigenvalue weighted by Crippen LogP contribution is 2.26. The van der Waals surface area contributed by atoms with Crippen molar-refractivity contribution in [2.24, 2.45) is 12.0 Å². The zero-order valence-corrected chi connectivity index (χ0v) is 18.2. The van der Waals surface area contributed by atoms with Crippen molar-refractivity contribution in [1.82, 2.24) is 25.0 Å². The van der Waals surface area contributed by atoms with Crippen LogP contribution < -0.4 is 10.2 Å². The first-order valence-corrected chi connectivity index (χ1v) is 8.63. The number of pyridine rings is 1. The third-order valence-corrected chi connectivity index (χ3v) is 4.61. The van der Waals surface area contributed by atoms with Gasteiger partial charge < -0.3 is 15.1 Å². The number of hydrogen-bond acceptors (Lipinski definition) is 4. The molecule has 7 nitrogen and oxygen atoms in total. The number of halogens is 1. The average Bonchev–Trinajstić information content (AvgIpc) is 3.25. The molecule has 3 heterocycles. The van der Waals surface area contributed by atoms with E-state index in [1.165, 1.54) is 11.1 Å². The van der Waals surface area contributed by atoms with E-state index in [-0.39, 0.29) is 24.0 Å². The van der Waals surface area contributed by atoms with Gasteiger partial charge in [-0.2, -0.15) is 5.10 Å². The summed E-state index contributed by atoms with van der Waals surface area (Å²) in [6.07, 6.45) is 7.07. The Balaban J connectivity index is 0.00000243. The molecular formula is C18H28IN7. The molecule has 1 aliphatic rings. The number of nitrogens with zero attached hydrogens (tertiary/aromatic N) is 6. The van der Waals surface area contributed by atoms with Crippen molar-refractivity contribution in [3.63, 3.8) is 0 Å². The van der Waals surface area contributed by atoms with Gasteiger partial charge in [0.2, 0.25) is 0 Å². The first kappa shape index (κ1) is 20.5. The van der Waals surface area contributed by atoms with E-state index in [1.54, 1.807) is 0 Å². The molecule has 26 heavy (non-hydrogen) atoms. The molecule has 2 aromatic heterocycles. The normalized spacial score (nSPS) is 17.2. The summed E-state index contributed by atoms with van der Waals surface area (Å²) in [5.74, 6) is 2.44. The Labute approximate surface area is 172 Å². The highest BCUT2D eigenvalue weighted by atomic mass is 127. The third-order valence-electron chi connectivity index (χ3n) is 4.61. The van der Waals surface area contributed by atoms with Gasteiger partial charge in [-0.3, -0.25) is 9.67 Å². The molecular weight excluding hydrogens is 441 g/mol. The molecule has 1 unspecified atom stereocenters. The molecule has 142 valence electrons. The van der Waals surface area contributed by atoms with E-state index in [0.29, 0.717) is 5.92 Å². The van der Waals surface area contributed by atoms with Crippen molar-refractivity contribution in [3.8, 4) is 0 Å². The summed E-state index contributed by atoms with van der Waals surface area (Å²) in [5.41, 5.74) is 2.51. The lowest BCUT2D eigenvalue weighted by molar-refractivity contribution is 0.486. The smallest absolute Gasteiger partial charge is 0.193 e. The van der Waals surface area contributed by atoms with Gasteiger partial charge in [0.1, 0.15) is 5.82 Å². The number of likely N-dealkylation sites (tertiary alicyclic amines) is 1. The number of aliphatic imine (C=N–C) groups is 1. The van der Waals surface area contributed by atoms with Crippen molar-refractivity contribution >= 4 is 35.8 Å². The molecule has 0 radical (unpaired) electrons. The van der Waals surface area contributed by atoms with Crippen LogP contribution in [0.2, 0.25) is 0 Å². The Morgan fingerprint density at radius 1 is 1.42 bits per heavy atom. The maximum atomic E-state index is 4.46. The van der Waals surface area contributed by atoms with Crippen LogP contribution in [0.1, 0.15) is 23.5 Å². The van der Waals surface area contributed by atoms with E-state index in [1.807, 2.05) is 56.2 Å². The summed E-state index contributed by atoms with van der Waals surface area (Å²) >= 11 is 0. The van der Waals surface area contributed by atoms with Crippen LogP contribution in [0.3, 0.4) is 0 Å². The highest BCUT2D eigenvalue weighted by molar-refractivity contribution is 14.0. The largest absolute Gasteiger partial charge is 0.363 e. The minimum atomic E-state index is 0. The topological polar surface area (TPSA) is 61.6 Å². The lowest BCUT2D eigenvalue weighted by Crippen LogP contribution is -2.39. The number of nitrogens with one attached hydrogen (secondary N) is 1. The van der Waals surface area contributed by atoms with Crippen LogP contribution in [0.4, 0.5) is 5.82 Å². The Morgan fingerprint density at radius 3 is 2.88 bits per heavy atom. The first-order chi connectivity index (χ1) is 12.1. The molecule has 1 atom stereocenters. The van der Waals surface area contributed by atoms with Crippen LogP contribution in [-0.2, 0) is 13.6 Å². The Morgan fingerprint density at radius 2 is 2.23 bits per heavy atom. The first-order valence-electron chi connectivity index (χ1n) is 8.63. The second-order valence-corrected chi connectivity index (χ2v) is 6.70. The molecule has 1 fully saturated rings. The number of guanidine groups is 1. The summed E-state index contributed by atoms with van der Waals surface area (Å²) in [5, 5.41) is 7.77. The summed E-state index contributed by atoms with van der Waals surface area (Å²) in [4.78, 5) is 13.2. The van der Waals surface area contributed by atoms with Crippen LogP contribution in [-0.4, -0.2) is 59.9 Å². The van der Waals surface area contributed by atoms with Crippen LogP contribution >= 0.6 is 24.0 Å². The minimum Gasteiger partial charge on any atom is -0.363 e. The number of rotatable bonds is 4. The predicted molar refractivity (Wildman–Crippen MR) is 116 cm³/mol. The van der Waals surface area contributed by atoms with E-state index in [4.69, 9.17) is 0 Å². The molecule has 1 N–H and O–H groups in total. The third kappa shape index (κ3) is 4.87. The molecule has 8 heteroatoms. The van der Waals surface area contributed by atoms with E-state index in [9.17, 15) is 0 Å². The van der Waals surface area contributed by atoms with Gasteiger partial charge in [0.15, 0.2) is 5.96 Å². The van der Waals surface area contributed by atoms with Gasteiger partial charge in [-0.1, -0.05) is 0 Å². The van der Waals surface area contributed by atoms with Crippen molar-refractivity contribution < 1.29 is 0 Å². The minimum absolute atomic E-state index is 0. The Kier molecular flexibility index (Phi) is 7.24. The molecule has 0 spiro atoms. The summed E-state index contributed by atoms with van der Waals surface area (Å²) in [6.45, 7) is 2.73. The molecule has 0 amide bonds. The van der Waals surface area contributed by atoms with Crippen LogP contribution in [0.25, 0.3) is 0 Å². The second-order valence-electron chi connectivity index (χ2n) is 6.70. The second kappa shape index (κ2) is 9.20. The monoisotopic (exact) mass is 469 g/mol. The fraction of sp³-hybridized carbons (Fsp3) is 0.500. The summed E-state index contributed by atoms with van der Waals surface area (Å²) in [6, 6.07) is 4.14. The SMILES string of the molecule is CN=C(NCc1ccnc(N(C)C)c1)N1CCC(c2cnn(C)c2)C1.I. The number of aromatic nitrogens is 3. The molecule has 1 aliphatic heterocycles. The molecule has 0 saturated carbocycles. The molecule has 0 bridgehead atoms. The molecule has 0 aliphatic carbocycles. The fourth-order valence-electron chi connectivity index (χ4n) is 3.20. The van der Waals surface area contributed by atoms with Crippen molar-refractivity contribution in [2.75, 3.05) is 39.1 Å². The quantitative estimate of drug-likeness (QED) is 0.422. The number of aryl methyl sites for hydroxylation is 1. The average molecular weight is 469 g/mol. The number of hydrogen-bond donors (Lipinski definition) is 1. The lowest BCUT2D eigenvalue weighted by atomic mass is 10.0. The molecule has 0 aromatic carbocycles. The summed E-state index contributed by atoms with van der Waals surface area (Å²) in [7, 11) is 7.81. The number of anilines is 1.